The standard InChI is InChI=1S/C37H30O7/c1-26-21-31(28-11-5-2-6-12-28)19-20-34(26)37(40)44-43-23-27-17-18-32(24-41-35(38)29-13-7-3-8-14-29)33(22-27)25-42-36(39)30-15-9-4-10-16-30/h2-22H,23-25H2,1H3. The van der Waals surface area contributed by atoms with Gasteiger partial charge in [0.05, 0.1) is 16.7 Å². The summed E-state index contributed by atoms with van der Waals surface area (Å²) in [4.78, 5) is 48.3. The summed E-state index contributed by atoms with van der Waals surface area (Å²) in [5.41, 5.74) is 6.00. The van der Waals surface area contributed by atoms with E-state index in [0.29, 0.717) is 33.4 Å². The highest BCUT2D eigenvalue weighted by Crippen LogP contribution is 2.23. The summed E-state index contributed by atoms with van der Waals surface area (Å²) in [6.07, 6.45) is 0. The number of ether oxygens (including phenoxy) is 2. The minimum atomic E-state index is -0.608. The quantitative estimate of drug-likeness (QED) is 0.0892. The van der Waals surface area contributed by atoms with Crippen LogP contribution in [0.5, 0.6) is 0 Å². The molecule has 0 aliphatic heterocycles. The van der Waals surface area contributed by atoms with Crippen LogP contribution >= 0.6 is 0 Å². The van der Waals surface area contributed by atoms with Gasteiger partial charge in [0, 0.05) is 0 Å². The lowest BCUT2D eigenvalue weighted by Crippen LogP contribution is -2.11. The minimum Gasteiger partial charge on any atom is -0.457 e. The zero-order chi connectivity index (χ0) is 30.7. The summed E-state index contributed by atoms with van der Waals surface area (Å²) < 4.78 is 11.1. The summed E-state index contributed by atoms with van der Waals surface area (Å²) in [5.74, 6) is -1.56. The average molecular weight is 587 g/mol. The van der Waals surface area contributed by atoms with Crippen LogP contribution in [-0.2, 0) is 39.1 Å². The number of hydrogen-bond acceptors (Lipinski definition) is 7. The lowest BCUT2D eigenvalue weighted by atomic mass is 10.00. The molecule has 5 aromatic carbocycles. The Morgan fingerprint density at radius 2 is 1.09 bits per heavy atom. The van der Waals surface area contributed by atoms with Crippen LogP contribution in [-0.4, -0.2) is 17.9 Å². The van der Waals surface area contributed by atoms with Gasteiger partial charge in [-0.25, -0.2) is 14.4 Å². The smallest absolute Gasteiger partial charge is 0.373 e. The number of aryl methyl sites for hydroxylation is 1. The van der Waals surface area contributed by atoms with E-state index in [0.717, 1.165) is 16.7 Å². The maximum absolute atomic E-state index is 12.7. The Kier molecular flexibility index (Phi) is 9.92. The van der Waals surface area contributed by atoms with Gasteiger partial charge in [0.25, 0.3) is 0 Å². The van der Waals surface area contributed by atoms with Crippen molar-refractivity contribution in [2.24, 2.45) is 0 Å². The Morgan fingerprint density at radius 3 is 1.68 bits per heavy atom. The van der Waals surface area contributed by atoms with E-state index in [-0.39, 0.29) is 19.8 Å². The van der Waals surface area contributed by atoms with E-state index in [2.05, 4.69) is 0 Å². The number of hydrogen-bond donors (Lipinski definition) is 0. The van der Waals surface area contributed by atoms with Gasteiger partial charge in [0.1, 0.15) is 19.8 Å². The number of carbonyl (C=O) groups excluding carboxylic acids is 3. The lowest BCUT2D eigenvalue weighted by Gasteiger charge is -2.13. The predicted molar refractivity (Wildman–Crippen MR) is 164 cm³/mol. The molecule has 0 bridgehead atoms. The summed E-state index contributed by atoms with van der Waals surface area (Å²) in [5, 5.41) is 0. The molecule has 5 aromatic rings. The van der Waals surface area contributed by atoms with Crippen molar-refractivity contribution in [1.82, 2.24) is 0 Å². The van der Waals surface area contributed by atoms with Gasteiger partial charge in [0.2, 0.25) is 0 Å². The highest BCUT2D eigenvalue weighted by atomic mass is 17.2. The molecule has 0 saturated heterocycles. The number of esters is 2. The van der Waals surface area contributed by atoms with Gasteiger partial charge in [-0.1, -0.05) is 91.0 Å². The van der Waals surface area contributed by atoms with E-state index in [4.69, 9.17) is 19.2 Å². The first-order chi connectivity index (χ1) is 21.5. The van der Waals surface area contributed by atoms with Gasteiger partial charge in [-0.05, 0) is 76.7 Å². The summed E-state index contributed by atoms with van der Waals surface area (Å²) >= 11 is 0. The lowest BCUT2D eigenvalue weighted by molar-refractivity contribution is -0.250. The van der Waals surface area contributed by atoms with Gasteiger partial charge < -0.3 is 9.47 Å². The van der Waals surface area contributed by atoms with Crippen LogP contribution in [0, 0.1) is 6.92 Å². The molecule has 220 valence electrons. The van der Waals surface area contributed by atoms with Crippen molar-refractivity contribution < 1.29 is 33.6 Å². The fraction of sp³-hybridized carbons (Fsp3) is 0.108. The first kappa shape index (κ1) is 29.9. The second-order valence-corrected chi connectivity index (χ2v) is 10.0. The molecule has 0 unspecified atom stereocenters. The van der Waals surface area contributed by atoms with Crippen LogP contribution in [0.4, 0.5) is 0 Å². The maximum atomic E-state index is 12.7. The van der Waals surface area contributed by atoms with Crippen molar-refractivity contribution >= 4 is 17.9 Å². The zero-order valence-electron chi connectivity index (χ0n) is 24.1. The van der Waals surface area contributed by atoms with Gasteiger partial charge in [-0.15, -0.1) is 0 Å². The van der Waals surface area contributed by atoms with Crippen molar-refractivity contribution in [2.75, 3.05) is 0 Å². The van der Waals surface area contributed by atoms with Crippen molar-refractivity contribution in [3.05, 3.63) is 166 Å². The Morgan fingerprint density at radius 1 is 0.523 bits per heavy atom. The minimum absolute atomic E-state index is 0.0275. The molecule has 0 N–H and O–H groups in total. The summed E-state index contributed by atoms with van der Waals surface area (Å²) in [6, 6.07) is 38.0. The van der Waals surface area contributed by atoms with Crippen LogP contribution < -0.4 is 0 Å². The molecular formula is C37H30O7. The Labute approximate surface area is 255 Å². The molecule has 7 nitrogen and oxygen atoms in total. The second-order valence-electron chi connectivity index (χ2n) is 10.0. The van der Waals surface area contributed by atoms with Crippen LogP contribution in [0.3, 0.4) is 0 Å². The maximum Gasteiger partial charge on any atom is 0.373 e. The molecule has 0 heterocycles. The molecule has 0 aliphatic rings. The zero-order valence-corrected chi connectivity index (χ0v) is 24.1. The van der Waals surface area contributed by atoms with Crippen molar-refractivity contribution in [3.63, 3.8) is 0 Å². The molecule has 0 aliphatic carbocycles. The van der Waals surface area contributed by atoms with Crippen LogP contribution in [0.1, 0.15) is 53.3 Å². The summed E-state index contributed by atoms with van der Waals surface area (Å²) in [7, 11) is 0. The number of carbonyl (C=O) groups is 3. The van der Waals surface area contributed by atoms with Gasteiger partial charge in [0.15, 0.2) is 0 Å². The summed E-state index contributed by atoms with van der Waals surface area (Å²) in [6.45, 7) is 1.71. The fourth-order valence-electron chi connectivity index (χ4n) is 4.54. The molecule has 0 radical (unpaired) electrons. The van der Waals surface area contributed by atoms with E-state index in [9.17, 15) is 14.4 Å². The molecule has 0 atom stereocenters. The van der Waals surface area contributed by atoms with Gasteiger partial charge in [-0.2, -0.15) is 4.89 Å². The first-order valence-electron chi connectivity index (χ1n) is 14.0. The van der Waals surface area contributed by atoms with E-state index in [1.54, 1.807) is 72.8 Å². The van der Waals surface area contributed by atoms with Crippen molar-refractivity contribution in [1.29, 1.82) is 0 Å². The Balaban J connectivity index is 1.24. The third-order valence-electron chi connectivity index (χ3n) is 6.92. The second kappa shape index (κ2) is 14.6. The monoisotopic (exact) mass is 586 g/mol. The van der Waals surface area contributed by atoms with E-state index in [1.807, 2.05) is 61.5 Å². The molecule has 0 spiro atoms. The average Bonchev–Trinajstić information content (AvgIpc) is 3.07. The highest BCUT2D eigenvalue weighted by Gasteiger charge is 2.15. The first-order valence-corrected chi connectivity index (χ1v) is 14.0. The molecule has 0 amide bonds. The van der Waals surface area contributed by atoms with Crippen LogP contribution in [0.25, 0.3) is 11.1 Å². The number of rotatable bonds is 11. The van der Waals surface area contributed by atoms with Crippen molar-refractivity contribution in [3.8, 4) is 11.1 Å². The predicted octanol–water partition coefficient (Wildman–Crippen LogP) is 7.66. The van der Waals surface area contributed by atoms with E-state index < -0.39 is 17.9 Å². The van der Waals surface area contributed by atoms with Crippen LogP contribution in [0.15, 0.2) is 127 Å². The third kappa shape index (κ3) is 7.85. The molecule has 0 fully saturated rings. The highest BCUT2D eigenvalue weighted by molar-refractivity contribution is 5.91. The fourth-order valence-corrected chi connectivity index (χ4v) is 4.54. The van der Waals surface area contributed by atoms with Crippen LogP contribution in [0.2, 0.25) is 0 Å². The molecule has 0 aromatic heterocycles. The van der Waals surface area contributed by atoms with Gasteiger partial charge >= 0.3 is 17.9 Å². The van der Waals surface area contributed by atoms with E-state index in [1.165, 1.54) is 0 Å². The van der Waals surface area contributed by atoms with E-state index >= 15 is 0 Å². The largest absolute Gasteiger partial charge is 0.457 e. The molecule has 5 rings (SSSR count). The topological polar surface area (TPSA) is 88.1 Å². The SMILES string of the molecule is Cc1cc(-c2ccccc2)ccc1C(=O)OOCc1ccc(COC(=O)c2ccccc2)c(COC(=O)c2ccccc2)c1. The molecule has 0 saturated carbocycles. The normalized spacial score (nSPS) is 10.6. The molecule has 44 heavy (non-hydrogen) atoms. The molecule has 7 heteroatoms. The number of benzene rings is 5. The Bertz CT molecular complexity index is 1730. The van der Waals surface area contributed by atoms with Gasteiger partial charge in [-0.3, -0.25) is 4.89 Å². The Hall–Kier alpha value is -5.53. The third-order valence-corrected chi connectivity index (χ3v) is 6.92. The molecular weight excluding hydrogens is 556 g/mol. The van der Waals surface area contributed by atoms with Crippen molar-refractivity contribution in [2.45, 2.75) is 26.7 Å².